The molecule has 1 amide bonds. The van der Waals surface area contributed by atoms with Crippen LogP contribution in [0.4, 0.5) is 17.2 Å². The number of hydrogen-bond donors (Lipinski definition) is 2. The molecule has 2 N–H and O–H groups in total. The summed E-state index contributed by atoms with van der Waals surface area (Å²) in [5, 5.41) is 7.12. The van der Waals surface area contributed by atoms with Crippen LogP contribution < -0.4 is 15.5 Å². The molecule has 0 bridgehead atoms. The van der Waals surface area contributed by atoms with E-state index in [2.05, 4.69) is 37.0 Å². The van der Waals surface area contributed by atoms with Crippen LogP contribution in [0.5, 0.6) is 0 Å². The van der Waals surface area contributed by atoms with E-state index < -0.39 is 0 Å². The second-order valence-corrected chi connectivity index (χ2v) is 8.76. The monoisotopic (exact) mass is 484 g/mol. The Balaban J connectivity index is 1.93. The van der Waals surface area contributed by atoms with E-state index in [-0.39, 0.29) is 5.91 Å². The van der Waals surface area contributed by atoms with E-state index in [1.54, 1.807) is 0 Å². The minimum Gasteiger partial charge on any atom is -0.437 e. The first kappa shape index (κ1) is 24.9. The lowest BCUT2D eigenvalue weighted by Gasteiger charge is -2.25. The number of hydrogen-bond acceptors (Lipinski definition) is 7. The van der Waals surface area contributed by atoms with Crippen LogP contribution in [0.1, 0.15) is 6.92 Å². The highest BCUT2D eigenvalue weighted by molar-refractivity contribution is 6.07. The third-order valence-electron chi connectivity index (χ3n) is 5.89. The molecular weight excluding hydrogens is 452 g/mol. The van der Waals surface area contributed by atoms with Crippen molar-refractivity contribution in [3.63, 3.8) is 0 Å². The fraction of sp³-hybridized carbons (Fsp3) is 0.250. The van der Waals surface area contributed by atoms with Gasteiger partial charge in [-0.2, -0.15) is 0 Å². The number of anilines is 3. The maximum atomic E-state index is 12.4. The van der Waals surface area contributed by atoms with Crippen molar-refractivity contribution in [2.45, 2.75) is 6.92 Å². The zero-order chi connectivity index (χ0) is 25.7. The molecule has 2 heterocycles. The molecule has 0 saturated heterocycles. The third-order valence-corrected chi connectivity index (χ3v) is 5.89. The summed E-state index contributed by atoms with van der Waals surface area (Å²) < 4.78 is 6.30. The Kier molecular flexibility index (Phi) is 7.65. The van der Waals surface area contributed by atoms with Crippen LogP contribution in [0, 0.1) is 0 Å². The second-order valence-electron chi connectivity index (χ2n) is 8.76. The van der Waals surface area contributed by atoms with Crippen molar-refractivity contribution in [2.75, 3.05) is 56.3 Å². The Bertz CT molecular complexity index is 1360. The van der Waals surface area contributed by atoms with Gasteiger partial charge in [0.1, 0.15) is 17.9 Å². The summed E-state index contributed by atoms with van der Waals surface area (Å²) in [4.78, 5) is 25.5. The van der Waals surface area contributed by atoms with Crippen LogP contribution in [-0.2, 0) is 4.79 Å². The van der Waals surface area contributed by atoms with E-state index in [9.17, 15) is 4.79 Å². The highest BCUT2D eigenvalue weighted by Crippen LogP contribution is 2.44. The van der Waals surface area contributed by atoms with Gasteiger partial charge in [-0.3, -0.25) is 4.79 Å². The second kappa shape index (κ2) is 11.0. The molecule has 2 aromatic heterocycles. The summed E-state index contributed by atoms with van der Waals surface area (Å²) in [5.74, 6) is 1.12. The van der Waals surface area contributed by atoms with Crippen LogP contribution in [0.3, 0.4) is 0 Å². The number of fused-ring (bicyclic) bond motifs is 1. The van der Waals surface area contributed by atoms with Gasteiger partial charge in [-0.1, -0.05) is 43.0 Å². The summed E-state index contributed by atoms with van der Waals surface area (Å²) in [6.07, 6.45) is 2.77. The van der Waals surface area contributed by atoms with Crippen molar-refractivity contribution in [2.24, 2.45) is 0 Å². The number of amides is 1. The van der Waals surface area contributed by atoms with E-state index >= 15 is 0 Å². The number of carbonyl (C=O) groups is 1. The molecule has 4 aromatic rings. The van der Waals surface area contributed by atoms with Gasteiger partial charge in [-0.05, 0) is 44.8 Å². The van der Waals surface area contributed by atoms with E-state index in [4.69, 9.17) is 4.42 Å². The fourth-order valence-corrected chi connectivity index (χ4v) is 4.08. The highest BCUT2D eigenvalue weighted by atomic mass is 16.3. The molecular formula is C28H32N6O2. The van der Waals surface area contributed by atoms with Crippen LogP contribution in [0.2, 0.25) is 0 Å². The van der Waals surface area contributed by atoms with E-state index in [0.717, 1.165) is 40.9 Å². The van der Waals surface area contributed by atoms with Crippen LogP contribution in [0.25, 0.3) is 33.6 Å². The highest BCUT2D eigenvalue weighted by Gasteiger charge is 2.23. The van der Waals surface area contributed by atoms with Crippen molar-refractivity contribution in [3.05, 3.63) is 67.5 Å². The summed E-state index contributed by atoms with van der Waals surface area (Å²) in [6.45, 7) is 8.01. The topological polar surface area (TPSA) is 86.5 Å². The van der Waals surface area contributed by atoms with Crippen LogP contribution in [0.15, 0.2) is 71.9 Å². The number of rotatable bonds is 10. The number of likely N-dealkylation sites (N-methyl/N-ethyl adjacent to an activating group) is 2. The van der Waals surface area contributed by atoms with Gasteiger partial charge in [0.05, 0.1) is 16.8 Å². The maximum Gasteiger partial charge on any atom is 0.247 e. The maximum absolute atomic E-state index is 12.4. The van der Waals surface area contributed by atoms with Gasteiger partial charge in [-0.15, -0.1) is 0 Å². The van der Waals surface area contributed by atoms with Gasteiger partial charge < -0.3 is 24.9 Å². The number of benzene rings is 2. The molecule has 0 spiro atoms. The summed E-state index contributed by atoms with van der Waals surface area (Å²) in [7, 11) is 6.09. The lowest BCUT2D eigenvalue weighted by atomic mass is 9.98. The molecule has 0 aliphatic heterocycles. The Morgan fingerprint density at radius 2 is 1.83 bits per heavy atom. The normalized spacial score (nSPS) is 11.0. The van der Waals surface area contributed by atoms with E-state index in [1.165, 1.54) is 12.4 Å². The number of aromatic nitrogens is 2. The number of nitrogens with zero attached hydrogens (tertiary/aromatic N) is 4. The third kappa shape index (κ3) is 5.23. The first-order valence-corrected chi connectivity index (χ1v) is 11.9. The minimum absolute atomic E-state index is 0.272. The smallest absolute Gasteiger partial charge is 0.247 e. The van der Waals surface area contributed by atoms with E-state index in [1.807, 2.05) is 76.6 Å². The number of furan rings is 1. The molecule has 2 aromatic carbocycles. The predicted octanol–water partition coefficient (Wildman–Crippen LogP) is 5.11. The lowest BCUT2D eigenvalue weighted by molar-refractivity contribution is -0.111. The standard InChI is InChI=1S/C28H32N6O2/c1-6-23(35)32-21-17-20(13-14-22(21)34(5)16-15-33(3)4)24-25-27(29-7-2)30-18-31-28(25)36-26(24)19-11-9-8-10-12-19/h6,8-14,17-18H,1,7,15-16H2,2-5H3,(H,32,35)(H,29,30,31). The number of nitrogens with one attached hydrogen (secondary N) is 2. The Hall–Kier alpha value is -4.17. The van der Waals surface area contributed by atoms with Crippen molar-refractivity contribution >= 4 is 34.2 Å². The molecule has 36 heavy (non-hydrogen) atoms. The van der Waals surface area contributed by atoms with Gasteiger partial charge in [0.2, 0.25) is 11.6 Å². The Labute approximate surface area is 211 Å². The molecule has 0 saturated carbocycles. The average Bonchev–Trinajstić information content (AvgIpc) is 3.28. The number of carbonyl (C=O) groups excluding carboxylic acids is 1. The van der Waals surface area contributed by atoms with Gasteiger partial charge in [0.25, 0.3) is 0 Å². The van der Waals surface area contributed by atoms with Crippen LogP contribution in [-0.4, -0.2) is 61.6 Å². The zero-order valence-electron chi connectivity index (χ0n) is 21.2. The predicted molar refractivity (Wildman–Crippen MR) is 147 cm³/mol. The summed E-state index contributed by atoms with van der Waals surface area (Å²) in [5.41, 5.74) is 4.77. The molecule has 0 atom stereocenters. The zero-order valence-corrected chi connectivity index (χ0v) is 21.2. The van der Waals surface area contributed by atoms with Gasteiger partial charge in [-0.25, -0.2) is 9.97 Å². The molecule has 8 nitrogen and oxygen atoms in total. The Morgan fingerprint density at radius 3 is 2.53 bits per heavy atom. The minimum atomic E-state index is -0.272. The molecule has 0 radical (unpaired) electrons. The van der Waals surface area contributed by atoms with Crippen molar-refractivity contribution in [3.8, 4) is 22.5 Å². The molecule has 186 valence electrons. The van der Waals surface area contributed by atoms with E-state index in [0.29, 0.717) is 29.5 Å². The molecule has 0 fully saturated rings. The molecule has 0 aliphatic rings. The molecule has 8 heteroatoms. The van der Waals surface area contributed by atoms with Crippen molar-refractivity contribution < 1.29 is 9.21 Å². The van der Waals surface area contributed by atoms with Crippen molar-refractivity contribution in [1.82, 2.24) is 14.9 Å². The lowest BCUT2D eigenvalue weighted by Crippen LogP contribution is -2.29. The van der Waals surface area contributed by atoms with Gasteiger partial charge in [0, 0.05) is 37.8 Å². The SMILES string of the molecule is C=CC(=O)Nc1cc(-c2c(-c3ccccc3)oc3ncnc(NCC)c23)ccc1N(C)CCN(C)C. The molecule has 0 aliphatic carbocycles. The van der Waals surface area contributed by atoms with Crippen LogP contribution >= 0.6 is 0 Å². The largest absolute Gasteiger partial charge is 0.437 e. The van der Waals surface area contributed by atoms with Crippen molar-refractivity contribution in [1.29, 1.82) is 0 Å². The van der Waals surface area contributed by atoms with Gasteiger partial charge >= 0.3 is 0 Å². The quantitative estimate of drug-likeness (QED) is 0.303. The Morgan fingerprint density at radius 1 is 1.06 bits per heavy atom. The summed E-state index contributed by atoms with van der Waals surface area (Å²) in [6, 6.07) is 16.0. The first-order valence-electron chi connectivity index (χ1n) is 11.9. The molecule has 0 unspecified atom stereocenters. The fourth-order valence-electron chi connectivity index (χ4n) is 4.08. The average molecular weight is 485 g/mol. The van der Waals surface area contributed by atoms with Gasteiger partial charge in [0.15, 0.2) is 0 Å². The molecule has 4 rings (SSSR count). The first-order chi connectivity index (χ1) is 17.4. The summed E-state index contributed by atoms with van der Waals surface area (Å²) >= 11 is 0.